The summed E-state index contributed by atoms with van der Waals surface area (Å²) < 4.78 is 0. The van der Waals surface area contributed by atoms with Gasteiger partial charge >= 0.3 is 0 Å². The summed E-state index contributed by atoms with van der Waals surface area (Å²) in [6, 6.07) is 8.72. The Morgan fingerprint density at radius 1 is 1.15 bits per heavy atom. The molecule has 8 nitrogen and oxygen atoms in total. The van der Waals surface area contributed by atoms with E-state index in [1.165, 1.54) is 29.7 Å². The lowest BCUT2D eigenvalue weighted by Crippen LogP contribution is -2.48. The Bertz CT molecular complexity index is 1020. The molecule has 34 heavy (non-hydrogen) atoms. The molecule has 1 atom stereocenters. The van der Waals surface area contributed by atoms with Crippen LogP contribution in [0.5, 0.6) is 0 Å². The number of unbranched alkanes of at least 4 members (excludes halogenated alkanes) is 2. The van der Waals surface area contributed by atoms with Crippen LogP contribution in [0.25, 0.3) is 0 Å². The van der Waals surface area contributed by atoms with E-state index in [-0.39, 0.29) is 30.1 Å². The van der Waals surface area contributed by atoms with E-state index >= 15 is 0 Å². The van der Waals surface area contributed by atoms with Crippen LogP contribution < -0.4 is 16.4 Å². The normalized spacial score (nSPS) is 15.2. The first-order valence-corrected chi connectivity index (χ1v) is 12.6. The lowest BCUT2D eigenvalue weighted by molar-refractivity contribution is -0.137. The molecule has 1 saturated heterocycles. The number of nitrogen functional groups attached to an aromatic ring is 1. The van der Waals surface area contributed by atoms with Crippen molar-refractivity contribution in [2.45, 2.75) is 58.0 Å². The number of likely N-dealkylation sites (tertiary alicyclic amines) is 1. The molecule has 3 amide bonds. The minimum atomic E-state index is -0.543. The highest BCUT2D eigenvalue weighted by molar-refractivity contribution is 7.10. The van der Waals surface area contributed by atoms with Gasteiger partial charge in [-0.1, -0.05) is 31.9 Å². The average Bonchev–Trinajstić information content (AvgIpc) is 3.51. The summed E-state index contributed by atoms with van der Waals surface area (Å²) >= 11 is 1.42. The van der Waals surface area contributed by atoms with Crippen LogP contribution in [0.15, 0.2) is 35.7 Å². The highest BCUT2D eigenvalue weighted by atomic mass is 32.1. The Hall–Kier alpha value is -3.20. The maximum atomic E-state index is 12.7. The van der Waals surface area contributed by atoms with Crippen molar-refractivity contribution in [3.63, 3.8) is 0 Å². The highest BCUT2D eigenvalue weighted by Crippen LogP contribution is 2.19. The van der Waals surface area contributed by atoms with Crippen molar-refractivity contribution in [2.75, 3.05) is 13.1 Å². The van der Waals surface area contributed by atoms with Gasteiger partial charge in [0.05, 0.1) is 13.1 Å². The summed E-state index contributed by atoms with van der Waals surface area (Å²) in [4.78, 5) is 40.4. The largest absolute Gasteiger partial charge is 0.384 e. The van der Waals surface area contributed by atoms with E-state index in [0.29, 0.717) is 30.6 Å². The van der Waals surface area contributed by atoms with Gasteiger partial charge in [0.15, 0.2) is 0 Å². The van der Waals surface area contributed by atoms with Crippen molar-refractivity contribution >= 4 is 34.9 Å². The number of amides is 3. The Morgan fingerprint density at radius 3 is 2.59 bits per heavy atom. The Balaban J connectivity index is 1.47. The smallest absolute Gasteiger partial charge is 0.251 e. The molecule has 1 aliphatic rings. The van der Waals surface area contributed by atoms with Crippen LogP contribution >= 0.6 is 11.3 Å². The number of carbonyl (C=O) groups is 3. The Morgan fingerprint density at radius 2 is 1.91 bits per heavy atom. The van der Waals surface area contributed by atoms with Crippen molar-refractivity contribution < 1.29 is 14.4 Å². The van der Waals surface area contributed by atoms with Gasteiger partial charge in [0.25, 0.3) is 5.91 Å². The Kier molecular flexibility index (Phi) is 9.21. The molecule has 5 N–H and O–H groups in total. The number of amidine groups is 1. The molecule has 0 radical (unpaired) electrons. The van der Waals surface area contributed by atoms with Gasteiger partial charge in [-0.15, -0.1) is 11.3 Å². The summed E-state index contributed by atoms with van der Waals surface area (Å²) in [7, 11) is 0. The summed E-state index contributed by atoms with van der Waals surface area (Å²) in [6.07, 6.45) is 5.82. The number of thiophene rings is 1. The van der Waals surface area contributed by atoms with E-state index in [4.69, 9.17) is 11.1 Å². The van der Waals surface area contributed by atoms with Gasteiger partial charge in [0.2, 0.25) is 11.8 Å². The topological polar surface area (TPSA) is 128 Å². The standard InChI is InChI=1S/C25H33N5O3S/c1-2-3-4-6-17-8-10-18(11-9-17)24(32)29-15-22(31)30-12-5-7-21(30)25(33)28-14-20-13-19(16-34-20)23(26)27/h8-11,13,16,21H,2-7,12,14-15H2,1H3,(H3,26,27)(H,28,33)(H,29,32). The van der Waals surface area contributed by atoms with E-state index < -0.39 is 6.04 Å². The number of nitrogens with zero attached hydrogens (tertiary/aromatic N) is 1. The molecule has 2 aromatic rings. The summed E-state index contributed by atoms with van der Waals surface area (Å²) in [5, 5.41) is 14.8. The number of hydrogen-bond donors (Lipinski definition) is 4. The van der Waals surface area contributed by atoms with Gasteiger partial charge in [0.1, 0.15) is 11.9 Å². The van der Waals surface area contributed by atoms with Crippen LogP contribution in [0.2, 0.25) is 0 Å². The van der Waals surface area contributed by atoms with Gasteiger partial charge in [-0.2, -0.15) is 0 Å². The first-order valence-electron chi connectivity index (χ1n) is 11.7. The maximum absolute atomic E-state index is 12.7. The van der Waals surface area contributed by atoms with Crippen molar-refractivity contribution in [1.29, 1.82) is 5.41 Å². The van der Waals surface area contributed by atoms with Crippen LogP contribution in [0.3, 0.4) is 0 Å². The molecular formula is C25H33N5O3S. The van der Waals surface area contributed by atoms with E-state index in [2.05, 4.69) is 17.6 Å². The second-order valence-corrected chi connectivity index (χ2v) is 9.51. The molecule has 0 aliphatic carbocycles. The molecule has 182 valence electrons. The number of nitrogens with one attached hydrogen (secondary N) is 3. The van der Waals surface area contributed by atoms with E-state index in [1.54, 1.807) is 28.5 Å². The van der Waals surface area contributed by atoms with Gasteiger partial charge in [0, 0.05) is 27.9 Å². The van der Waals surface area contributed by atoms with Gasteiger partial charge in [-0.3, -0.25) is 19.8 Å². The van der Waals surface area contributed by atoms with E-state index in [0.717, 1.165) is 24.1 Å². The van der Waals surface area contributed by atoms with Gasteiger partial charge in [-0.05, 0) is 49.4 Å². The fourth-order valence-electron chi connectivity index (χ4n) is 4.01. The highest BCUT2D eigenvalue weighted by Gasteiger charge is 2.33. The molecular weight excluding hydrogens is 450 g/mol. The van der Waals surface area contributed by atoms with Crippen molar-refractivity contribution in [3.05, 3.63) is 57.3 Å². The number of aryl methyl sites for hydroxylation is 1. The molecule has 3 rings (SSSR count). The third kappa shape index (κ3) is 6.90. The van der Waals surface area contributed by atoms with Gasteiger partial charge < -0.3 is 21.3 Å². The molecule has 2 heterocycles. The summed E-state index contributed by atoms with van der Waals surface area (Å²) in [5.74, 6) is -0.787. The van der Waals surface area contributed by atoms with Gasteiger partial charge in [-0.25, -0.2) is 0 Å². The van der Waals surface area contributed by atoms with E-state index in [9.17, 15) is 14.4 Å². The van der Waals surface area contributed by atoms with Crippen LogP contribution in [0.1, 0.15) is 65.4 Å². The number of rotatable bonds is 11. The molecule has 1 fully saturated rings. The zero-order valence-electron chi connectivity index (χ0n) is 19.6. The average molecular weight is 484 g/mol. The predicted molar refractivity (Wildman–Crippen MR) is 134 cm³/mol. The Labute approximate surface area is 204 Å². The third-order valence-corrected chi connectivity index (χ3v) is 6.90. The lowest BCUT2D eigenvalue weighted by atomic mass is 10.1. The fraction of sp³-hybridized carbons (Fsp3) is 0.440. The van der Waals surface area contributed by atoms with Crippen molar-refractivity contribution in [1.82, 2.24) is 15.5 Å². The summed E-state index contributed by atoms with van der Waals surface area (Å²) in [6.45, 7) is 2.84. The predicted octanol–water partition coefficient (Wildman–Crippen LogP) is 2.80. The molecule has 0 bridgehead atoms. The van der Waals surface area contributed by atoms with Crippen molar-refractivity contribution in [2.24, 2.45) is 5.73 Å². The molecule has 0 saturated carbocycles. The molecule has 1 aliphatic heterocycles. The number of benzene rings is 1. The SMILES string of the molecule is CCCCCc1ccc(C(=O)NCC(=O)N2CCCC2C(=O)NCc2cc(C(=N)N)cs2)cc1. The number of hydrogen-bond acceptors (Lipinski definition) is 5. The van der Waals surface area contributed by atoms with Crippen LogP contribution in [-0.2, 0) is 22.6 Å². The van der Waals surface area contributed by atoms with Crippen molar-refractivity contribution in [3.8, 4) is 0 Å². The second kappa shape index (κ2) is 12.3. The number of carbonyl (C=O) groups excluding carboxylic acids is 3. The van der Waals surface area contributed by atoms with E-state index in [1.807, 2.05) is 12.1 Å². The van der Waals surface area contributed by atoms with Crippen LogP contribution in [0, 0.1) is 5.41 Å². The maximum Gasteiger partial charge on any atom is 0.251 e. The minimum absolute atomic E-state index is 0.00800. The quantitative estimate of drug-likeness (QED) is 0.223. The molecule has 1 unspecified atom stereocenters. The third-order valence-electron chi connectivity index (χ3n) is 5.96. The molecule has 1 aromatic heterocycles. The zero-order valence-corrected chi connectivity index (χ0v) is 20.4. The monoisotopic (exact) mass is 483 g/mol. The first-order chi connectivity index (χ1) is 16.4. The first kappa shape index (κ1) is 25.4. The molecule has 0 spiro atoms. The summed E-state index contributed by atoms with van der Waals surface area (Å²) in [5.41, 5.74) is 7.83. The second-order valence-electron chi connectivity index (χ2n) is 8.52. The fourth-order valence-corrected chi connectivity index (χ4v) is 4.83. The molecule has 1 aromatic carbocycles. The lowest BCUT2D eigenvalue weighted by Gasteiger charge is -2.24. The zero-order chi connectivity index (χ0) is 24.5. The molecule has 9 heteroatoms. The minimum Gasteiger partial charge on any atom is -0.384 e. The van der Waals surface area contributed by atoms with Crippen LogP contribution in [-0.4, -0.2) is 47.6 Å². The van der Waals surface area contributed by atoms with Crippen LogP contribution in [0.4, 0.5) is 0 Å². The number of nitrogens with two attached hydrogens (primary N) is 1.